The van der Waals surface area contributed by atoms with Gasteiger partial charge in [-0.05, 0) is 73.4 Å². The molecule has 3 aromatic rings. The van der Waals surface area contributed by atoms with E-state index in [9.17, 15) is 13.2 Å². The number of benzene rings is 2. The quantitative estimate of drug-likeness (QED) is 0.603. The third kappa shape index (κ3) is 4.07. The van der Waals surface area contributed by atoms with Gasteiger partial charge in [0.25, 0.3) is 0 Å². The third-order valence-electron chi connectivity index (χ3n) is 6.90. The maximum absolute atomic E-state index is 13.1. The minimum Gasteiger partial charge on any atom is -0.361 e. The lowest BCUT2D eigenvalue weighted by Crippen LogP contribution is -2.43. The topological polar surface area (TPSA) is 82.3 Å². The molecule has 1 aliphatic carbocycles. The number of hydrogen-bond donors (Lipinski definition) is 2. The highest BCUT2D eigenvalue weighted by atomic mass is 32.2. The van der Waals surface area contributed by atoms with E-state index in [0.717, 1.165) is 36.8 Å². The van der Waals surface area contributed by atoms with Crippen molar-refractivity contribution >= 4 is 26.8 Å². The minimum absolute atomic E-state index is 0.0272. The number of H-pyrrole nitrogens is 1. The predicted octanol–water partition coefficient (Wildman–Crippen LogP) is 3.42. The highest BCUT2D eigenvalue weighted by Crippen LogP contribution is 2.28. The molecule has 1 aromatic heterocycles. The van der Waals surface area contributed by atoms with E-state index in [1.807, 2.05) is 36.5 Å². The maximum Gasteiger partial charge on any atom is 0.243 e. The van der Waals surface area contributed by atoms with E-state index in [-0.39, 0.29) is 11.8 Å². The van der Waals surface area contributed by atoms with Crippen molar-refractivity contribution in [1.82, 2.24) is 14.6 Å². The molecule has 5 rings (SSSR count). The highest BCUT2D eigenvalue weighted by Gasteiger charge is 2.32. The zero-order chi connectivity index (χ0) is 22.1. The SMILES string of the molecule is O=C(NCCc1c[nH]c2ccccc12)C1CCN(S(=O)(=O)c2ccc3c(c2)CCC3)CC1. The summed E-state index contributed by atoms with van der Waals surface area (Å²) in [6.07, 6.45) is 6.97. The summed E-state index contributed by atoms with van der Waals surface area (Å²) in [7, 11) is -3.50. The Morgan fingerprint density at radius 3 is 2.69 bits per heavy atom. The van der Waals surface area contributed by atoms with Gasteiger partial charge < -0.3 is 10.3 Å². The van der Waals surface area contributed by atoms with Crippen molar-refractivity contribution in [2.24, 2.45) is 5.92 Å². The molecule has 32 heavy (non-hydrogen) atoms. The molecule has 2 aliphatic rings. The van der Waals surface area contributed by atoms with E-state index < -0.39 is 10.0 Å². The number of para-hydroxylation sites is 1. The molecule has 0 spiro atoms. The molecule has 1 amide bonds. The molecule has 2 N–H and O–H groups in total. The maximum atomic E-state index is 13.1. The van der Waals surface area contributed by atoms with Crippen LogP contribution in [0.4, 0.5) is 0 Å². The number of hydrogen-bond acceptors (Lipinski definition) is 3. The van der Waals surface area contributed by atoms with Crippen LogP contribution >= 0.6 is 0 Å². The van der Waals surface area contributed by atoms with Gasteiger partial charge in [-0.25, -0.2) is 8.42 Å². The average Bonchev–Trinajstić information content (AvgIpc) is 3.46. The molecule has 7 heteroatoms. The Hall–Kier alpha value is -2.64. The van der Waals surface area contributed by atoms with E-state index >= 15 is 0 Å². The van der Waals surface area contributed by atoms with Crippen molar-refractivity contribution < 1.29 is 13.2 Å². The van der Waals surface area contributed by atoms with Crippen molar-refractivity contribution in [3.8, 4) is 0 Å². The second-order valence-corrected chi connectivity index (χ2v) is 10.8. The number of aromatic amines is 1. The Morgan fingerprint density at radius 1 is 1.06 bits per heavy atom. The summed E-state index contributed by atoms with van der Waals surface area (Å²) in [4.78, 5) is 16.3. The molecular weight excluding hydrogens is 422 g/mol. The van der Waals surface area contributed by atoms with Crippen molar-refractivity contribution in [3.05, 3.63) is 65.4 Å². The Bertz CT molecular complexity index is 1240. The van der Waals surface area contributed by atoms with Crippen LogP contribution in [0.3, 0.4) is 0 Å². The van der Waals surface area contributed by atoms with Gasteiger partial charge in [0.05, 0.1) is 4.90 Å². The minimum atomic E-state index is -3.50. The first-order valence-electron chi connectivity index (χ1n) is 11.5. The van der Waals surface area contributed by atoms with Crippen LogP contribution in [-0.2, 0) is 34.1 Å². The Balaban J connectivity index is 1.14. The summed E-state index contributed by atoms with van der Waals surface area (Å²) in [5, 5.41) is 4.23. The number of nitrogens with one attached hydrogen (secondary N) is 2. The molecule has 1 fully saturated rings. The van der Waals surface area contributed by atoms with Crippen molar-refractivity contribution in [3.63, 3.8) is 0 Å². The molecule has 0 radical (unpaired) electrons. The van der Waals surface area contributed by atoms with Crippen LogP contribution < -0.4 is 5.32 Å². The molecule has 2 aromatic carbocycles. The summed E-state index contributed by atoms with van der Waals surface area (Å²) in [5.41, 5.74) is 4.73. The standard InChI is InChI=1S/C25H29N3O3S/c29-25(26-13-10-21-17-27-24-7-2-1-6-23(21)24)19-11-14-28(15-12-19)32(30,31)22-9-8-18-4-3-5-20(18)16-22/h1-2,6-9,16-17,19,27H,3-5,10-15H2,(H,26,29). The van der Waals surface area contributed by atoms with Crippen LogP contribution in [-0.4, -0.2) is 43.2 Å². The first-order chi connectivity index (χ1) is 15.5. The Kier molecular flexibility index (Phi) is 5.78. The van der Waals surface area contributed by atoms with Crippen LogP contribution in [0.5, 0.6) is 0 Å². The molecule has 0 saturated carbocycles. The number of rotatable bonds is 6. The highest BCUT2D eigenvalue weighted by molar-refractivity contribution is 7.89. The lowest BCUT2D eigenvalue weighted by Gasteiger charge is -2.30. The van der Waals surface area contributed by atoms with Crippen molar-refractivity contribution in [1.29, 1.82) is 0 Å². The second kappa shape index (κ2) is 8.71. The zero-order valence-corrected chi connectivity index (χ0v) is 19.0. The van der Waals surface area contributed by atoms with E-state index in [1.54, 1.807) is 10.4 Å². The van der Waals surface area contributed by atoms with E-state index in [1.165, 1.54) is 16.5 Å². The van der Waals surface area contributed by atoms with Gasteiger partial charge in [-0.2, -0.15) is 4.31 Å². The largest absolute Gasteiger partial charge is 0.361 e. The molecule has 0 unspecified atom stereocenters. The first kappa shape index (κ1) is 21.2. The average molecular weight is 452 g/mol. The third-order valence-corrected chi connectivity index (χ3v) is 8.80. The fraction of sp³-hybridized carbons (Fsp3) is 0.400. The van der Waals surface area contributed by atoms with Crippen LogP contribution in [0.2, 0.25) is 0 Å². The number of nitrogens with zero attached hydrogens (tertiary/aromatic N) is 1. The molecule has 1 saturated heterocycles. The van der Waals surface area contributed by atoms with Crippen LogP contribution in [0.1, 0.15) is 36.0 Å². The van der Waals surface area contributed by atoms with Gasteiger partial charge in [-0.15, -0.1) is 0 Å². The number of carbonyl (C=O) groups is 1. The van der Waals surface area contributed by atoms with Gasteiger partial charge in [0.2, 0.25) is 15.9 Å². The number of aryl methyl sites for hydroxylation is 2. The molecule has 1 aliphatic heterocycles. The Labute approximate surface area is 189 Å². The second-order valence-electron chi connectivity index (χ2n) is 8.86. The molecular formula is C25H29N3O3S. The number of carbonyl (C=O) groups excluding carboxylic acids is 1. The van der Waals surface area contributed by atoms with Crippen LogP contribution in [0.25, 0.3) is 10.9 Å². The smallest absolute Gasteiger partial charge is 0.243 e. The first-order valence-corrected chi connectivity index (χ1v) is 12.9. The van der Waals surface area contributed by atoms with Gasteiger partial charge in [0.15, 0.2) is 0 Å². The lowest BCUT2D eigenvalue weighted by atomic mass is 9.97. The summed E-state index contributed by atoms with van der Waals surface area (Å²) < 4.78 is 27.7. The van der Waals surface area contributed by atoms with Gasteiger partial charge in [-0.3, -0.25) is 4.79 Å². The fourth-order valence-corrected chi connectivity index (χ4v) is 6.54. The van der Waals surface area contributed by atoms with Crippen molar-refractivity contribution in [2.45, 2.75) is 43.4 Å². The molecule has 0 bridgehead atoms. The van der Waals surface area contributed by atoms with Crippen molar-refractivity contribution in [2.75, 3.05) is 19.6 Å². The van der Waals surface area contributed by atoms with Gasteiger partial charge in [-0.1, -0.05) is 24.3 Å². The zero-order valence-electron chi connectivity index (χ0n) is 18.1. The number of piperidine rings is 1. The summed E-state index contributed by atoms with van der Waals surface area (Å²) >= 11 is 0. The summed E-state index contributed by atoms with van der Waals surface area (Å²) in [6.45, 7) is 1.36. The number of amides is 1. The monoisotopic (exact) mass is 451 g/mol. The predicted molar refractivity (Wildman–Crippen MR) is 125 cm³/mol. The van der Waals surface area contributed by atoms with Gasteiger partial charge >= 0.3 is 0 Å². The van der Waals surface area contributed by atoms with Gasteiger partial charge in [0, 0.05) is 42.7 Å². The van der Waals surface area contributed by atoms with E-state index in [4.69, 9.17) is 0 Å². The molecule has 168 valence electrons. The Morgan fingerprint density at radius 2 is 1.84 bits per heavy atom. The molecule has 6 nitrogen and oxygen atoms in total. The number of aromatic nitrogens is 1. The molecule has 2 heterocycles. The van der Waals surface area contributed by atoms with E-state index in [2.05, 4.69) is 16.4 Å². The van der Waals surface area contributed by atoms with E-state index in [0.29, 0.717) is 37.4 Å². The fourth-order valence-electron chi connectivity index (χ4n) is 5.02. The lowest BCUT2D eigenvalue weighted by molar-refractivity contribution is -0.126. The van der Waals surface area contributed by atoms with Crippen LogP contribution in [0.15, 0.2) is 53.6 Å². The summed E-state index contributed by atoms with van der Waals surface area (Å²) in [6, 6.07) is 13.7. The molecule has 0 atom stereocenters. The number of sulfonamides is 1. The summed E-state index contributed by atoms with van der Waals surface area (Å²) in [5.74, 6) is -0.108. The number of fused-ring (bicyclic) bond motifs is 2. The normalized spacial score (nSPS) is 17.5. The van der Waals surface area contributed by atoms with Gasteiger partial charge in [0.1, 0.15) is 0 Å². The van der Waals surface area contributed by atoms with Crippen LogP contribution in [0, 0.1) is 5.92 Å².